The van der Waals surface area contributed by atoms with Crippen molar-refractivity contribution in [3.05, 3.63) is 42.0 Å². The molecule has 2 bridgehead atoms. The smallest absolute Gasteiger partial charge is 0.253 e. The predicted octanol–water partition coefficient (Wildman–Crippen LogP) is 2.62. The first kappa shape index (κ1) is 15.8. The van der Waals surface area contributed by atoms with Crippen LogP contribution in [0, 0.1) is 23.7 Å². The Bertz CT molecular complexity index is 777. The molecule has 0 unspecified atom stereocenters. The van der Waals surface area contributed by atoms with E-state index >= 15 is 0 Å². The van der Waals surface area contributed by atoms with E-state index in [1.807, 2.05) is 4.90 Å². The molecule has 5 heteroatoms. The topological polar surface area (TPSA) is 57.7 Å². The molecule has 134 valence electrons. The molecule has 3 amide bonds. The standard InChI is InChI=1S/C21H22N2O3/c24-19(22-10-2-1-3-11-22)13-6-8-16(9-7-13)23-20(25)17-14-4-5-15(12-14)18(17)21(23)26/h4-9,14-15,17-18H,1-3,10-12H2/t14-,15-,17-,18-/m0/s1. The lowest BCUT2D eigenvalue weighted by atomic mass is 9.85. The molecule has 1 aromatic carbocycles. The Morgan fingerprint density at radius 1 is 0.846 bits per heavy atom. The molecule has 0 aromatic heterocycles. The molecule has 5 nitrogen and oxygen atoms in total. The summed E-state index contributed by atoms with van der Waals surface area (Å²) in [6.45, 7) is 1.62. The molecule has 3 fully saturated rings. The summed E-state index contributed by atoms with van der Waals surface area (Å²) in [7, 11) is 0. The first-order chi connectivity index (χ1) is 12.6. The van der Waals surface area contributed by atoms with Gasteiger partial charge in [0.1, 0.15) is 0 Å². The van der Waals surface area contributed by atoms with Crippen molar-refractivity contribution in [2.45, 2.75) is 25.7 Å². The second-order valence-electron chi connectivity index (χ2n) is 7.91. The van der Waals surface area contributed by atoms with E-state index in [9.17, 15) is 14.4 Å². The van der Waals surface area contributed by atoms with Crippen molar-refractivity contribution < 1.29 is 14.4 Å². The van der Waals surface area contributed by atoms with Crippen LogP contribution in [0.15, 0.2) is 36.4 Å². The predicted molar refractivity (Wildman–Crippen MR) is 96.4 cm³/mol. The molecule has 0 N–H and O–H groups in total. The largest absolute Gasteiger partial charge is 0.339 e. The van der Waals surface area contributed by atoms with Gasteiger partial charge in [0.2, 0.25) is 11.8 Å². The Balaban J connectivity index is 1.37. The van der Waals surface area contributed by atoms with Crippen LogP contribution in [0.4, 0.5) is 5.69 Å². The van der Waals surface area contributed by atoms with E-state index in [0.717, 1.165) is 32.4 Å². The molecule has 2 aliphatic carbocycles. The Labute approximate surface area is 152 Å². The number of nitrogens with zero attached hydrogens (tertiary/aromatic N) is 2. The van der Waals surface area contributed by atoms with Gasteiger partial charge in [0.15, 0.2) is 0 Å². The van der Waals surface area contributed by atoms with Gasteiger partial charge >= 0.3 is 0 Å². The quantitative estimate of drug-likeness (QED) is 0.609. The minimum atomic E-state index is -0.188. The summed E-state index contributed by atoms with van der Waals surface area (Å²) in [4.78, 5) is 41.5. The van der Waals surface area contributed by atoms with Gasteiger partial charge in [-0.3, -0.25) is 19.3 Å². The monoisotopic (exact) mass is 350 g/mol. The first-order valence-electron chi connectivity index (χ1n) is 9.60. The number of benzene rings is 1. The molecule has 0 radical (unpaired) electrons. The fourth-order valence-corrected chi connectivity index (χ4v) is 5.19. The van der Waals surface area contributed by atoms with E-state index in [0.29, 0.717) is 11.3 Å². The summed E-state index contributed by atoms with van der Waals surface area (Å²) in [5, 5.41) is 0. The Morgan fingerprint density at radius 3 is 2.00 bits per heavy atom. The molecule has 2 saturated heterocycles. The summed E-state index contributed by atoms with van der Waals surface area (Å²) in [6, 6.07) is 6.97. The third-order valence-electron chi connectivity index (χ3n) is 6.49. The van der Waals surface area contributed by atoms with E-state index < -0.39 is 0 Å². The third-order valence-corrected chi connectivity index (χ3v) is 6.49. The van der Waals surface area contributed by atoms with Gasteiger partial charge < -0.3 is 4.90 Å². The van der Waals surface area contributed by atoms with Crippen molar-refractivity contribution >= 4 is 23.4 Å². The van der Waals surface area contributed by atoms with Crippen LogP contribution in [0.25, 0.3) is 0 Å². The van der Waals surface area contributed by atoms with Crippen molar-refractivity contribution in [3.8, 4) is 0 Å². The van der Waals surface area contributed by atoms with Crippen LogP contribution in [0.3, 0.4) is 0 Å². The fraction of sp³-hybridized carbons (Fsp3) is 0.476. The zero-order valence-corrected chi connectivity index (χ0v) is 14.6. The lowest BCUT2D eigenvalue weighted by Gasteiger charge is -2.27. The van der Waals surface area contributed by atoms with Crippen LogP contribution in [0.2, 0.25) is 0 Å². The van der Waals surface area contributed by atoms with E-state index in [-0.39, 0.29) is 41.4 Å². The van der Waals surface area contributed by atoms with Gasteiger partial charge in [-0.05, 0) is 61.8 Å². The number of likely N-dealkylation sites (tertiary alicyclic amines) is 1. The normalized spacial score (nSPS) is 32.5. The summed E-state index contributed by atoms with van der Waals surface area (Å²) in [6.07, 6.45) is 8.42. The van der Waals surface area contributed by atoms with Crippen LogP contribution in [-0.4, -0.2) is 35.7 Å². The minimum absolute atomic E-state index is 0.0365. The maximum absolute atomic E-state index is 12.8. The number of amides is 3. The van der Waals surface area contributed by atoms with Crippen molar-refractivity contribution in [3.63, 3.8) is 0 Å². The van der Waals surface area contributed by atoms with E-state index in [1.54, 1.807) is 24.3 Å². The Hall–Kier alpha value is -2.43. The molecule has 0 spiro atoms. The van der Waals surface area contributed by atoms with Crippen molar-refractivity contribution in [1.82, 2.24) is 4.90 Å². The second-order valence-corrected chi connectivity index (χ2v) is 7.91. The summed E-state index contributed by atoms with van der Waals surface area (Å²) in [5.74, 6) is -0.0644. The number of allylic oxidation sites excluding steroid dienone is 2. The number of fused-ring (bicyclic) bond motifs is 5. The van der Waals surface area contributed by atoms with Crippen LogP contribution >= 0.6 is 0 Å². The SMILES string of the molecule is O=C(c1ccc(N2C(=O)[C@@H]3[C@@H](C2=O)[C@H]2C=C[C@H]3C2)cc1)N1CCCCC1. The molecule has 1 aromatic rings. The number of imide groups is 1. The van der Waals surface area contributed by atoms with Gasteiger partial charge in [0.05, 0.1) is 17.5 Å². The van der Waals surface area contributed by atoms with E-state index in [4.69, 9.17) is 0 Å². The number of rotatable bonds is 2. The minimum Gasteiger partial charge on any atom is -0.339 e. The van der Waals surface area contributed by atoms with Gasteiger partial charge in [0.25, 0.3) is 5.91 Å². The van der Waals surface area contributed by atoms with Gasteiger partial charge in [-0.15, -0.1) is 0 Å². The molecule has 4 aliphatic rings. The van der Waals surface area contributed by atoms with Gasteiger partial charge in [-0.2, -0.15) is 0 Å². The second kappa shape index (κ2) is 5.79. The van der Waals surface area contributed by atoms with Gasteiger partial charge in [-0.25, -0.2) is 0 Å². The number of anilines is 1. The average Bonchev–Trinajstić information content (AvgIpc) is 3.36. The number of piperidine rings is 1. The lowest BCUT2D eigenvalue weighted by Crippen LogP contribution is -2.35. The summed E-state index contributed by atoms with van der Waals surface area (Å²) < 4.78 is 0. The van der Waals surface area contributed by atoms with Crippen molar-refractivity contribution in [2.75, 3.05) is 18.0 Å². The molecule has 2 heterocycles. The van der Waals surface area contributed by atoms with Crippen LogP contribution in [-0.2, 0) is 9.59 Å². The van der Waals surface area contributed by atoms with Crippen LogP contribution < -0.4 is 4.90 Å². The molecule has 4 atom stereocenters. The Kier molecular flexibility index (Phi) is 3.52. The van der Waals surface area contributed by atoms with E-state index in [1.165, 1.54) is 11.3 Å². The molecule has 2 aliphatic heterocycles. The number of hydrogen-bond acceptors (Lipinski definition) is 3. The highest BCUT2D eigenvalue weighted by atomic mass is 16.2. The maximum Gasteiger partial charge on any atom is 0.253 e. The summed E-state index contributed by atoms with van der Waals surface area (Å²) >= 11 is 0. The lowest BCUT2D eigenvalue weighted by molar-refractivity contribution is -0.123. The molecular weight excluding hydrogens is 328 g/mol. The molecule has 1 saturated carbocycles. The highest BCUT2D eigenvalue weighted by Gasteiger charge is 2.59. The molecule has 26 heavy (non-hydrogen) atoms. The van der Waals surface area contributed by atoms with Crippen LogP contribution in [0.5, 0.6) is 0 Å². The number of carbonyl (C=O) groups is 3. The van der Waals surface area contributed by atoms with Gasteiger partial charge in [-0.1, -0.05) is 12.2 Å². The zero-order chi connectivity index (χ0) is 17.8. The number of carbonyl (C=O) groups excluding carboxylic acids is 3. The van der Waals surface area contributed by atoms with Crippen molar-refractivity contribution in [2.24, 2.45) is 23.7 Å². The highest BCUT2D eigenvalue weighted by Crippen LogP contribution is 2.53. The van der Waals surface area contributed by atoms with Crippen LogP contribution in [0.1, 0.15) is 36.0 Å². The first-order valence-corrected chi connectivity index (χ1v) is 9.60. The highest BCUT2D eigenvalue weighted by molar-refractivity contribution is 6.22. The molecule has 5 rings (SSSR count). The molecular formula is C21H22N2O3. The number of hydrogen-bond donors (Lipinski definition) is 0. The van der Waals surface area contributed by atoms with Crippen molar-refractivity contribution in [1.29, 1.82) is 0 Å². The third kappa shape index (κ3) is 2.19. The zero-order valence-electron chi connectivity index (χ0n) is 14.6. The summed E-state index contributed by atoms with van der Waals surface area (Å²) in [5.41, 5.74) is 1.21. The average molecular weight is 350 g/mol. The maximum atomic E-state index is 12.8. The van der Waals surface area contributed by atoms with Gasteiger partial charge in [0, 0.05) is 18.7 Å². The fourth-order valence-electron chi connectivity index (χ4n) is 5.19. The van der Waals surface area contributed by atoms with E-state index in [2.05, 4.69) is 12.2 Å². The Morgan fingerprint density at radius 2 is 1.42 bits per heavy atom.